The third kappa shape index (κ3) is 3.55. The molecule has 2 aliphatic heterocycles. The van der Waals surface area contributed by atoms with E-state index in [1.54, 1.807) is 0 Å². The summed E-state index contributed by atoms with van der Waals surface area (Å²) in [5, 5.41) is 3.51. The maximum absolute atomic E-state index is 6.49. The molecular weight excluding hydrogens is 707 g/mol. The fourth-order valence-electron chi connectivity index (χ4n) is 5.72. The van der Waals surface area contributed by atoms with Crippen molar-refractivity contribution in [1.29, 1.82) is 0 Å². The number of hydrogen-bond acceptors (Lipinski definition) is 7. The summed E-state index contributed by atoms with van der Waals surface area (Å²) in [6.07, 6.45) is 0. The Labute approximate surface area is 253 Å². The first-order valence-electron chi connectivity index (χ1n) is 13.2. The van der Waals surface area contributed by atoms with Crippen molar-refractivity contribution in [2.45, 2.75) is 0 Å². The van der Waals surface area contributed by atoms with E-state index in [-0.39, 0.29) is 22.4 Å². The van der Waals surface area contributed by atoms with Crippen LogP contribution in [-0.4, -0.2) is 39.9 Å². The topological polar surface area (TPSA) is 135 Å². The summed E-state index contributed by atoms with van der Waals surface area (Å²) in [5.74, 6) is 2.25. The summed E-state index contributed by atoms with van der Waals surface area (Å²) >= 11 is 0. The molecule has 0 unspecified atom stereocenters. The fourth-order valence-corrected chi connectivity index (χ4v) is 5.72. The summed E-state index contributed by atoms with van der Waals surface area (Å²) in [6.45, 7) is 0. The van der Waals surface area contributed by atoms with Crippen LogP contribution in [-0.2, 0) is 22.4 Å². The van der Waals surface area contributed by atoms with Crippen molar-refractivity contribution >= 4 is 49.8 Å². The largest absolute Gasteiger partial charge is 1.00 e. The average Bonchev–Trinajstić information content (AvgIpc) is 3.73. The fraction of sp³-hybridized carbons (Fsp3) is 0. The predicted molar refractivity (Wildman–Crippen MR) is 160 cm³/mol. The van der Waals surface area contributed by atoms with Crippen molar-refractivity contribution in [3.63, 3.8) is 0 Å². The molecule has 0 amide bonds. The number of nitrogens with one attached hydrogen (secondary N) is 2. The smallest absolute Gasteiger partial charge is 0.398 e. The van der Waals surface area contributed by atoms with Gasteiger partial charge in [-0.3, -0.25) is 0 Å². The van der Waals surface area contributed by atoms with Crippen molar-refractivity contribution in [3.05, 3.63) is 91.0 Å². The van der Waals surface area contributed by atoms with Crippen LogP contribution < -0.4 is 5.73 Å². The Bertz CT molecular complexity index is 2400. The maximum atomic E-state index is 6.49. The predicted octanol–water partition coefficient (Wildman–Crippen LogP) is 6.45. The molecule has 42 heavy (non-hydrogen) atoms. The molecule has 10 heteroatoms. The zero-order valence-corrected chi connectivity index (χ0v) is 23.9. The third-order valence-corrected chi connectivity index (χ3v) is 7.61. The van der Waals surface area contributed by atoms with Crippen molar-refractivity contribution < 1.29 is 22.4 Å². The second-order valence-electron chi connectivity index (χ2n) is 10.0. The van der Waals surface area contributed by atoms with Crippen LogP contribution in [0.25, 0.3) is 89.7 Å². The van der Waals surface area contributed by atoms with E-state index in [0.717, 1.165) is 43.8 Å². The van der Waals surface area contributed by atoms with Gasteiger partial charge in [-0.2, -0.15) is 0 Å². The number of nitrogens with two attached hydrogens (primary N) is 1. The molecule has 0 saturated carbocycles. The summed E-state index contributed by atoms with van der Waals surface area (Å²) in [5.41, 5.74) is 13.2. The molecule has 5 heterocycles. The van der Waals surface area contributed by atoms with Crippen molar-refractivity contribution in [1.82, 2.24) is 39.9 Å². The number of fused-ring (bicyclic) bond motifs is 20. The molecule has 0 spiro atoms. The van der Waals surface area contributed by atoms with E-state index in [1.807, 2.05) is 91.0 Å². The number of anilines is 1. The van der Waals surface area contributed by atoms with E-state index >= 15 is 0 Å². The van der Waals surface area contributed by atoms with Crippen LogP contribution in [0.15, 0.2) is 91.0 Å². The third-order valence-electron chi connectivity index (χ3n) is 7.61. The monoisotopic (exact) mass is 726 g/mol. The number of nitrogens with zero attached hydrogens (tertiary/aromatic N) is 6. The van der Waals surface area contributed by atoms with Gasteiger partial charge in [0, 0.05) is 44.1 Å². The maximum Gasteiger partial charge on any atom is 1.00 e. The second-order valence-corrected chi connectivity index (χ2v) is 10.0. The van der Waals surface area contributed by atoms with Crippen LogP contribution in [0.4, 0.5) is 5.69 Å². The van der Waals surface area contributed by atoms with Crippen LogP contribution in [0.2, 0.25) is 0 Å². The molecule has 4 N–H and O–H groups in total. The van der Waals surface area contributed by atoms with Gasteiger partial charge in [-0.25, -0.2) is 29.9 Å². The van der Waals surface area contributed by atoms with E-state index in [9.17, 15) is 0 Å². The minimum atomic E-state index is 0. The number of benzene rings is 4. The van der Waals surface area contributed by atoms with E-state index in [0.29, 0.717) is 51.6 Å². The molecule has 9 nitrogen and oxygen atoms in total. The summed E-state index contributed by atoms with van der Waals surface area (Å²) in [4.78, 5) is 36.7. The normalized spacial score (nSPS) is 11.7. The Kier molecular flexibility index (Phi) is 5.35. The number of rotatable bonds is 0. The summed E-state index contributed by atoms with van der Waals surface area (Å²) in [6, 6.07) is 29.7. The van der Waals surface area contributed by atoms with Gasteiger partial charge in [0.05, 0.1) is 5.39 Å². The number of hydrogen-bond donors (Lipinski definition) is 3. The van der Waals surface area contributed by atoms with Crippen LogP contribution >= 0.6 is 0 Å². The first-order valence-corrected chi connectivity index (χ1v) is 13.2. The molecule has 4 aromatic carbocycles. The Morgan fingerprint density at radius 3 is 1.29 bits per heavy atom. The van der Waals surface area contributed by atoms with E-state index in [2.05, 4.69) is 9.97 Å². The molecule has 2 aliphatic rings. The van der Waals surface area contributed by atoms with Gasteiger partial charge in [0.25, 0.3) is 0 Å². The van der Waals surface area contributed by atoms with Crippen LogP contribution in [0.5, 0.6) is 0 Å². The summed E-state index contributed by atoms with van der Waals surface area (Å²) in [7, 11) is 0. The first kappa shape index (κ1) is 24.6. The number of aromatic amines is 2. The summed E-state index contributed by atoms with van der Waals surface area (Å²) < 4.78 is 0. The van der Waals surface area contributed by atoms with Crippen molar-refractivity contribution in [2.24, 2.45) is 0 Å². The van der Waals surface area contributed by atoms with Gasteiger partial charge in [0.15, 0.2) is 23.3 Å². The van der Waals surface area contributed by atoms with Gasteiger partial charge in [-0.05, 0) is 6.07 Å². The van der Waals surface area contributed by atoms with E-state index in [1.165, 1.54) is 0 Å². The van der Waals surface area contributed by atoms with Crippen molar-refractivity contribution in [3.8, 4) is 45.6 Å². The standard InChI is InChI=1S/C32H19N9.Au/c33-23-15-7-14-22-24(23)32-40-30-21-13-6-5-12-20(21)28(38-30)36-26-17-9-2-1-8-16(17)25(34-26)35-27-18-10-3-4-11-19(18)29(37-27)39-31(22)41-32;/h1-15H,33H2,(H2,34,35,36,37,38,39,40,41);/q;+1. The quantitative estimate of drug-likeness (QED) is 0.121. The molecule has 7 aromatic rings. The van der Waals surface area contributed by atoms with E-state index < -0.39 is 0 Å². The number of H-pyrrole nitrogens is 2. The van der Waals surface area contributed by atoms with Crippen LogP contribution in [0.3, 0.4) is 0 Å². The molecule has 3 aromatic heterocycles. The zero-order chi connectivity index (χ0) is 27.1. The SMILES string of the molecule is Nc1cccc2c3nc4nc(nc5[nH]c(nc6nc(nc([nH]3)c12)-c1ccccc1-6)c1ccccc51)-c1ccccc1-4.[Au+]. The van der Waals surface area contributed by atoms with Gasteiger partial charge < -0.3 is 15.7 Å². The van der Waals surface area contributed by atoms with Gasteiger partial charge in [-0.15, -0.1) is 0 Å². The van der Waals surface area contributed by atoms with Gasteiger partial charge >= 0.3 is 22.4 Å². The molecule has 0 atom stereocenters. The minimum Gasteiger partial charge on any atom is -0.398 e. The van der Waals surface area contributed by atoms with Gasteiger partial charge in [0.1, 0.15) is 22.6 Å². The Morgan fingerprint density at radius 1 is 0.405 bits per heavy atom. The van der Waals surface area contributed by atoms with Gasteiger partial charge in [0.2, 0.25) is 0 Å². The van der Waals surface area contributed by atoms with Crippen molar-refractivity contribution in [2.75, 3.05) is 5.73 Å². The number of nitrogen functional groups attached to an aromatic ring is 1. The molecular formula is C32H19AuN9+. The second kappa shape index (κ2) is 9.15. The van der Waals surface area contributed by atoms with Gasteiger partial charge in [-0.1, -0.05) is 84.9 Å². The van der Waals surface area contributed by atoms with Crippen LogP contribution in [0.1, 0.15) is 0 Å². The Hall–Kier alpha value is -5.22. The first-order chi connectivity index (χ1) is 20.2. The zero-order valence-electron chi connectivity index (χ0n) is 21.7. The van der Waals surface area contributed by atoms with E-state index in [4.69, 9.17) is 35.6 Å². The molecule has 0 saturated heterocycles. The molecule has 0 radical (unpaired) electrons. The number of aromatic nitrogens is 8. The van der Waals surface area contributed by atoms with Crippen LogP contribution in [0, 0.1) is 0 Å². The molecule has 202 valence electrons. The minimum absolute atomic E-state index is 0. The Morgan fingerprint density at radius 2 is 0.786 bits per heavy atom. The molecule has 9 rings (SSSR count). The Balaban J connectivity index is 0.00000267. The molecule has 0 aliphatic carbocycles. The molecule has 0 fully saturated rings. The average molecular weight is 727 g/mol. The molecule has 8 bridgehead atoms.